The van der Waals surface area contributed by atoms with Gasteiger partial charge in [0, 0.05) is 23.0 Å². The summed E-state index contributed by atoms with van der Waals surface area (Å²) in [4.78, 5) is 44.6. The normalized spacial score (nSPS) is 19.4. The van der Waals surface area contributed by atoms with E-state index in [0.29, 0.717) is 17.7 Å². The fourth-order valence-electron chi connectivity index (χ4n) is 5.11. The van der Waals surface area contributed by atoms with Gasteiger partial charge in [-0.25, -0.2) is 14.5 Å². The molecule has 4 aromatic rings. The zero-order chi connectivity index (χ0) is 23.6. The van der Waals surface area contributed by atoms with E-state index in [1.807, 2.05) is 30.3 Å². The predicted molar refractivity (Wildman–Crippen MR) is 124 cm³/mol. The van der Waals surface area contributed by atoms with E-state index in [9.17, 15) is 24.6 Å². The van der Waals surface area contributed by atoms with E-state index >= 15 is 0 Å². The number of phenols is 1. The molecule has 8 heteroatoms. The molecule has 0 saturated carbocycles. The molecule has 0 unspecified atom stereocenters. The van der Waals surface area contributed by atoms with Gasteiger partial charge in [0.1, 0.15) is 17.8 Å². The third-order valence-corrected chi connectivity index (χ3v) is 6.61. The van der Waals surface area contributed by atoms with Gasteiger partial charge in [0.05, 0.1) is 11.3 Å². The summed E-state index contributed by atoms with van der Waals surface area (Å²) in [6, 6.07) is 18.4. The Morgan fingerprint density at radius 2 is 1.74 bits per heavy atom. The second-order valence-corrected chi connectivity index (χ2v) is 8.50. The molecule has 1 saturated heterocycles. The summed E-state index contributed by atoms with van der Waals surface area (Å²) in [7, 11) is 0. The number of carbonyl (C=O) groups excluding carboxylic acids is 2. The number of aromatic nitrogens is 1. The number of carbonyl (C=O) groups is 3. The molecule has 1 fully saturated rings. The minimum atomic E-state index is -1.09. The van der Waals surface area contributed by atoms with Crippen LogP contribution < -0.4 is 4.90 Å². The maximum absolute atomic E-state index is 13.7. The number of phenolic OH excluding ortho intramolecular Hbond substituents is 1. The van der Waals surface area contributed by atoms with Gasteiger partial charge in [0.25, 0.3) is 5.91 Å². The van der Waals surface area contributed by atoms with E-state index in [4.69, 9.17) is 0 Å². The number of aromatic carboxylic acids is 1. The Hall–Kier alpha value is -4.59. The highest BCUT2D eigenvalue weighted by atomic mass is 16.4. The van der Waals surface area contributed by atoms with Gasteiger partial charge < -0.3 is 15.2 Å². The first-order valence-electron chi connectivity index (χ1n) is 10.8. The maximum Gasteiger partial charge on any atom is 0.335 e. The Morgan fingerprint density at radius 1 is 0.971 bits per heavy atom. The number of aromatic amines is 1. The van der Waals surface area contributed by atoms with Crippen LogP contribution in [0.3, 0.4) is 0 Å². The second-order valence-electron chi connectivity index (χ2n) is 8.50. The number of para-hydroxylation sites is 1. The van der Waals surface area contributed by atoms with Gasteiger partial charge >= 0.3 is 12.0 Å². The summed E-state index contributed by atoms with van der Waals surface area (Å²) in [6.45, 7) is 0. The molecule has 0 spiro atoms. The van der Waals surface area contributed by atoms with E-state index < -0.39 is 24.1 Å². The molecule has 0 bridgehead atoms. The lowest BCUT2D eigenvalue weighted by Gasteiger charge is -2.36. The number of nitrogens with one attached hydrogen (secondary N) is 1. The van der Waals surface area contributed by atoms with Gasteiger partial charge in [-0.2, -0.15) is 0 Å². The van der Waals surface area contributed by atoms with Crippen LogP contribution in [0.1, 0.15) is 33.2 Å². The van der Waals surface area contributed by atoms with Crippen molar-refractivity contribution in [2.75, 3.05) is 4.90 Å². The molecular weight excluding hydrogens is 434 g/mol. The van der Waals surface area contributed by atoms with Crippen LogP contribution in [0.2, 0.25) is 0 Å². The summed E-state index contributed by atoms with van der Waals surface area (Å²) >= 11 is 0. The highest BCUT2D eigenvalue weighted by Gasteiger charge is 2.53. The third kappa shape index (κ3) is 2.82. The molecule has 3 amide bonds. The van der Waals surface area contributed by atoms with Crippen molar-refractivity contribution in [1.29, 1.82) is 0 Å². The van der Waals surface area contributed by atoms with Crippen LogP contribution in [0.5, 0.6) is 5.75 Å². The van der Waals surface area contributed by atoms with Crippen molar-refractivity contribution in [1.82, 2.24) is 9.88 Å². The smallest absolute Gasteiger partial charge is 0.335 e. The maximum atomic E-state index is 13.7. The average molecular weight is 453 g/mol. The van der Waals surface area contributed by atoms with Crippen LogP contribution in [-0.2, 0) is 11.2 Å². The van der Waals surface area contributed by atoms with Crippen LogP contribution in [-0.4, -0.2) is 44.0 Å². The minimum absolute atomic E-state index is 0.0661. The van der Waals surface area contributed by atoms with Crippen molar-refractivity contribution in [3.63, 3.8) is 0 Å². The fraction of sp³-hybridized carbons (Fsp3) is 0.115. The van der Waals surface area contributed by atoms with Crippen molar-refractivity contribution >= 4 is 34.5 Å². The largest absolute Gasteiger partial charge is 0.508 e. The molecule has 6 rings (SSSR count). The van der Waals surface area contributed by atoms with Gasteiger partial charge in [-0.3, -0.25) is 9.69 Å². The monoisotopic (exact) mass is 453 g/mol. The van der Waals surface area contributed by atoms with Gasteiger partial charge in [-0.05, 0) is 53.6 Å². The molecule has 3 N–H and O–H groups in total. The minimum Gasteiger partial charge on any atom is -0.508 e. The lowest BCUT2D eigenvalue weighted by atomic mass is 9.89. The number of carboxylic acid groups (broad SMARTS) is 1. The van der Waals surface area contributed by atoms with Crippen LogP contribution in [0, 0.1) is 0 Å². The second kappa shape index (κ2) is 7.21. The van der Waals surface area contributed by atoms with Gasteiger partial charge in [-0.15, -0.1) is 0 Å². The van der Waals surface area contributed by atoms with Crippen molar-refractivity contribution < 1.29 is 24.6 Å². The zero-order valence-electron chi connectivity index (χ0n) is 17.8. The first kappa shape index (κ1) is 20.0. The number of imide groups is 1. The number of anilines is 1. The number of urea groups is 1. The molecule has 8 nitrogen and oxygen atoms in total. The lowest BCUT2D eigenvalue weighted by molar-refractivity contribution is -0.120. The van der Waals surface area contributed by atoms with E-state index in [-0.39, 0.29) is 17.2 Å². The van der Waals surface area contributed by atoms with Gasteiger partial charge in [-0.1, -0.05) is 30.3 Å². The number of hydrogen-bond donors (Lipinski definition) is 3. The Bertz CT molecular complexity index is 1490. The Balaban J connectivity index is 1.51. The number of carboxylic acids is 1. The molecule has 34 heavy (non-hydrogen) atoms. The molecule has 3 heterocycles. The molecule has 2 aliphatic rings. The summed E-state index contributed by atoms with van der Waals surface area (Å²) < 4.78 is 0. The molecule has 2 atom stereocenters. The predicted octanol–water partition coefficient (Wildman–Crippen LogP) is 4.05. The number of amides is 3. The molecule has 0 radical (unpaired) electrons. The van der Waals surface area contributed by atoms with Crippen LogP contribution in [0.4, 0.5) is 10.5 Å². The Morgan fingerprint density at radius 3 is 2.47 bits per heavy atom. The topological polar surface area (TPSA) is 114 Å². The third-order valence-electron chi connectivity index (χ3n) is 6.61. The van der Waals surface area contributed by atoms with Gasteiger partial charge in [0.2, 0.25) is 0 Å². The summed E-state index contributed by atoms with van der Waals surface area (Å²) in [5, 5.41) is 20.3. The summed E-state index contributed by atoms with van der Waals surface area (Å²) in [5.41, 5.74) is 3.76. The quantitative estimate of drug-likeness (QED) is 0.405. The highest BCUT2D eigenvalue weighted by molar-refractivity contribution is 6.22. The van der Waals surface area contributed by atoms with E-state index in [1.54, 1.807) is 23.1 Å². The van der Waals surface area contributed by atoms with Crippen LogP contribution >= 0.6 is 0 Å². The van der Waals surface area contributed by atoms with Crippen molar-refractivity contribution in [3.05, 3.63) is 95.2 Å². The fourth-order valence-corrected chi connectivity index (χ4v) is 5.11. The number of H-pyrrole nitrogens is 1. The number of hydrogen-bond acceptors (Lipinski definition) is 4. The SMILES string of the molecule is O=C(O)c1ccc(N2C(=O)[C@@H]3Cc4c([nH]c5ccccc45)[C@@H](c4cccc(O)c4)N3C2=O)cc1. The molecule has 1 aromatic heterocycles. The van der Waals surface area contributed by atoms with Crippen molar-refractivity contribution in [3.8, 4) is 5.75 Å². The molecule has 2 aliphatic heterocycles. The highest BCUT2D eigenvalue weighted by Crippen LogP contribution is 2.45. The number of fused-ring (bicyclic) bond motifs is 4. The first-order chi connectivity index (χ1) is 16.4. The number of benzene rings is 3. The Kier molecular flexibility index (Phi) is 4.25. The van der Waals surface area contributed by atoms with Crippen molar-refractivity contribution in [2.45, 2.75) is 18.5 Å². The number of rotatable bonds is 3. The van der Waals surface area contributed by atoms with Crippen molar-refractivity contribution in [2.24, 2.45) is 0 Å². The van der Waals surface area contributed by atoms with Crippen LogP contribution in [0.25, 0.3) is 10.9 Å². The first-order valence-corrected chi connectivity index (χ1v) is 10.8. The molecular formula is C26H19N3O5. The number of aromatic hydroxyl groups is 1. The average Bonchev–Trinajstić information content (AvgIpc) is 3.32. The standard InChI is InChI=1S/C26H19N3O5/c30-17-5-3-4-15(12-17)23-22-19(18-6-1-2-7-20(18)27-22)13-21-24(31)28(26(34)29(21)23)16-10-8-14(9-11-16)25(32)33/h1-12,21,23,27,30H,13H2,(H,32,33)/t21-,23+/m0/s1. The molecule has 0 aliphatic carbocycles. The lowest BCUT2D eigenvalue weighted by Crippen LogP contribution is -2.44. The molecule has 3 aromatic carbocycles. The van der Waals surface area contributed by atoms with E-state index in [0.717, 1.165) is 27.1 Å². The summed E-state index contributed by atoms with van der Waals surface area (Å²) in [5.74, 6) is -1.39. The Labute approximate surface area is 193 Å². The van der Waals surface area contributed by atoms with E-state index in [1.165, 1.54) is 24.3 Å². The number of nitrogens with zero attached hydrogens (tertiary/aromatic N) is 2. The van der Waals surface area contributed by atoms with E-state index in [2.05, 4.69) is 4.98 Å². The summed E-state index contributed by atoms with van der Waals surface area (Å²) in [6.07, 6.45) is 0.350. The van der Waals surface area contributed by atoms with Gasteiger partial charge in [0.15, 0.2) is 0 Å². The zero-order valence-corrected chi connectivity index (χ0v) is 17.8. The van der Waals surface area contributed by atoms with Crippen LogP contribution in [0.15, 0.2) is 72.8 Å². The molecule has 168 valence electrons.